The molecule has 1 nitrogen and oxygen atoms in total. The van der Waals surface area contributed by atoms with E-state index in [0.29, 0.717) is 5.56 Å². The lowest BCUT2D eigenvalue weighted by molar-refractivity contribution is 0.0984. The van der Waals surface area contributed by atoms with Crippen molar-refractivity contribution in [3.63, 3.8) is 0 Å². The highest BCUT2D eigenvalue weighted by molar-refractivity contribution is 9.10. The molecule has 4 heteroatoms. The molecule has 0 saturated carbocycles. The fourth-order valence-electron chi connectivity index (χ4n) is 1.67. The molecule has 0 N–H and O–H groups in total. The minimum absolute atomic E-state index is 0.0424. The first-order valence-corrected chi connectivity index (χ1v) is 6.09. The molecule has 0 atom stereocenters. The number of halogens is 3. The second kappa shape index (κ2) is 5.40. The summed E-state index contributed by atoms with van der Waals surface area (Å²) in [5.41, 5.74) is 0.221. The van der Waals surface area contributed by atoms with Crippen LogP contribution in [0.5, 0.6) is 0 Å². The average molecular weight is 311 g/mol. The normalized spacial score (nSPS) is 10.4. The maximum Gasteiger partial charge on any atom is 0.173 e. The maximum atomic E-state index is 13.4. The molecule has 0 spiro atoms. The van der Waals surface area contributed by atoms with Crippen LogP contribution in [0.1, 0.15) is 15.9 Å². The first kappa shape index (κ1) is 12.9. The Morgan fingerprint density at radius 1 is 1.00 bits per heavy atom. The Morgan fingerprint density at radius 3 is 2.22 bits per heavy atom. The van der Waals surface area contributed by atoms with E-state index in [1.807, 2.05) is 6.07 Å². The van der Waals surface area contributed by atoms with Crippen molar-refractivity contribution in [2.45, 2.75) is 6.42 Å². The molecule has 92 valence electrons. The van der Waals surface area contributed by atoms with Gasteiger partial charge < -0.3 is 0 Å². The molecule has 0 unspecified atom stereocenters. The molecule has 0 aliphatic rings. The lowest BCUT2D eigenvalue weighted by Crippen LogP contribution is -2.09. The second-order valence-electron chi connectivity index (χ2n) is 3.79. The van der Waals surface area contributed by atoms with Gasteiger partial charge in [-0.3, -0.25) is 4.79 Å². The predicted molar refractivity (Wildman–Crippen MR) is 68.5 cm³/mol. The van der Waals surface area contributed by atoms with Crippen molar-refractivity contribution in [2.24, 2.45) is 0 Å². The molecular weight excluding hydrogens is 302 g/mol. The van der Waals surface area contributed by atoms with Crippen molar-refractivity contribution in [2.75, 3.05) is 0 Å². The number of benzene rings is 2. The molecule has 2 aromatic carbocycles. The summed E-state index contributed by atoms with van der Waals surface area (Å²) >= 11 is 3.29. The minimum atomic E-state index is -0.827. The number of ketones is 1. The van der Waals surface area contributed by atoms with Crippen molar-refractivity contribution >= 4 is 21.7 Å². The monoisotopic (exact) mass is 310 g/mol. The average Bonchev–Trinajstić information content (AvgIpc) is 2.32. The van der Waals surface area contributed by atoms with Gasteiger partial charge in [0.15, 0.2) is 5.78 Å². The SMILES string of the molecule is O=C(Cc1ccccc1Br)c1c(F)cccc1F. The topological polar surface area (TPSA) is 17.1 Å². The standard InChI is InChI=1S/C14H9BrF2O/c15-10-5-2-1-4-9(10)8-13(18)14-11(16)6-3-7-12(14)17/h1-7H,8H2. The lowest BCUT2D eigenvalue weighted by atomic mass is 10.0. The molecule has 2 aromatic rings. The minimum Gasteiger partial charge on any atom is -0.294 e. The van der Waals surface area contributed by atoms with Crippen LogP contribution in [0.2, 0.25) is 0 Å². The molecule has 0 aliphatic heterocycles. The van der Waals surface area contributed by atoms with Crippen LogP contribution in [0.25, 0.3) is 0 Å². The van der Waals surface area contributed by atoms with Gasteiger partial charge in [0.1, 0.15) is 11.6 Å². The van der Waals surface area contributed by atoms with Gasteiger partial charge in [0.25, 0.3) is 0 Å². The van der Waals surface area contributed by atoms with Gasteiger partial charge in [0.2, 0.25) is 0 Å². The molecule has 0 heterocycles. The van der Waals surface area contributed by atoms with E-state index in [9.17, 15) is 13.6 Å². The third-order valence-electron chi connectivity index (χ3n) is 2.55. The van der Waals surface area contributed by atoms with E-state index in [-0.39, 0.29) is 6.42 Å². The Balaban J connectivity index is 2.31. The van der Waals surface area contributed by atoms with Gasteiger partial charge in [-0.05, 0) is 23.8 Å². The van der Waals surface area contributed by atoms with Crippen LogP contribution < -0.4 is 0 Å². The van der Waals surface area contributed by atoms with E-state index in [2.05, 4.69) is 15.9 Å². The third kappa shape index (κ3) is 2.64. The molecule has 2 rings (SSSR count). The number of carbonyl (C=O) groups is 1. The highest BCUT2D eigenvalue weighted by atomic mass is 79.9. The van der Waals surface area contributed by atoms with Crippen LogP contribution in [0.4, 0.5) is 8.78 Å². The Kier molecular flexibility index (Phi) is 3.87. The summed E-state index contributed by atoms with van der Waals surface area (Å²) in [5, 5.41) is 0. The van der Waals surface area contributed by atoms with Crippen LogP contribution in [0, 0.1) is 11.6 Å². The van der Waals surface area contributed by atoms with Crippen LogP contribution in [0.3, 0.4) is 0 Å². The van der Waals surface area contributed by atoms with Gasteiger partial charge in [-0.1, -0.05) is 40.2 Å². The third-order valence-corrected chi connectivity index (χ3v) is 3.32. The largest absolute Gasteiger partial charge is 0.294 e. The van der Waals surface area contributed by atoms with Crippen molar-refractivity contribution in [3.8, 4) is 0 Å². The summed E-state index contributed by atoms with van der Waals surface area (Å²) in [4.78, 5) is 11.9. The molecule has 0 radical (unpaired) electrons. The predicted octanol–water partition coefficient (Wildman–Crippen LogP) is 4.15. The zero-order valence-electron chi connectivity index (χ0n) is 9.29. The number of carbonyl (C=O) groups excluding carboxylic acids is 1. The Bertz CT molecular complexity index is 576. The van der Waals surface area contributed by atoms with Crippen LogP contribution in [0.15, 0.2) is 46.9 Å². The Morgan fingerprint density at radius 2 is 1.61 bits per heavy atom. The summed E-state index contributed by atoms with van der Waals surface area (Å²) in [6, 6.07) is 10.5. The summed E-state index contributed by atoms with van der Waals surface area (Å²) < 4.78 is 27.6. The van der Waals surface area contributed by atoms with Crippen molar-refractivity contribution < 1.29 is 13.6 Å². The smallest absolute Gasteiger partial charge is 0.173 e. The van der Waals surface area contributed by atoms with E-state index >= 15 is 0 Å². The van der Waals surface area contributed by atoms with E-state index in [1.165, 1.54) is 6.07 Å². The highest BCUT2D eigenvalue weighted by Gasteiger charge is 2.17. The summed E-state index contributed by atoms with van der Waals surface area (Å²) in [7, 11) is 0. The van der Waals surface area contributed by atoms with Crippen molar-refractivity contribution in [1.82, 2.24) is 0 Å². The fourth-order valence-corrected chi connectivity index (χ4v) is 2.09. The quantitative estimate of drug-likeness (QED) is 0.778. The summed E-state index contributed by atoms with van der Waals surface area (Å²) in [6.07, 6.45) is -0.0424. The molecule has 0 aromatic heterocycles. The fraction of sp³-hybridized carbons (Fsp3) is 0.0714. The maximum absolute atomic E-state index is 13.4. The zero-order valence-corrected chi connectivity index (χ0v) is 10.9. The van der Waals surface area contributed by atoms with Gasteiger partial charge in [-0.2, -0.15) is 0 Å². The van der Waals surface area contributed by atoms with Crippen LogP contribution >= 0.6 is 15.9 Å². The molecular formula is C14H9BrF2O. The van der Waals surface area contributed by atoms with E-state index in [4.69, 9.17) is 0 Å². The van der Waals surface area contributed by atoms with Gasteiger partial charge in [-0.25, -0.2) is 8.78 Å². The first-order chi connectivity index (χ1) is 8.59. The molecule has 18 heavy (non-hydrogen) atoms. The molecule has 0 aliphatic carbocycles. The molecule has 0 saturated heterocycles. The van der Waals surface area contributed by atoms with Gasteiger partial charge in [0, 0.05) is 10.9 Å². The Hall–Kier alpha value is -1.55. The van der Waals surface area contributed by atoms with Crippen LogP contribution in [-0.4, -0.2) is 5.78 Å². The number of Topliss-reactive ketones (excluding diaryl/α,β-unsaturated/α-hetero) is 1. The van der Waals surface area contributed by atoms with Gasteiger partial charge in [0.05, 0.1) is 5.56 Å². The van der Waals surface area contributed by atoms with Crippen molar-refractivity contribution in [1.29, 1.82) is 0 Å². The summed E-state index contributed by atoms with van der Waals surface area (Å²) in [5.74, 6) is -2.23. The summed E-state index contributed by atoms with van der Waals surface area (Å²) in [6.45, 7) is 0. The van der Waals surface area contributed by atoms with Crippen molar-refractivity contribution in [3.05, 3.63) is 69.7 Å². The first-order valence-electron chi connectivity index (χ1n) is 5.30. The second-order valence-corrected chi connectivity index (χ2v) is 4.64. The molecule has 0 amide bonds. The number of hydrogen-bond donors (Lipinski definition) is 0. The lowest BCUT2D eigenvalue weighted by Gasteiger charge is -2.05. The number of rotatable bonds is 3. The zero-order chi connectivity index (χ0) is 13.1. The van der Waals surface area contributed by atoms with Crippen LogP contribution in [-0.2, 0) is 6.42 Å². The number of hydrogen-bond acceptors (Lipinski definition) is 1. The Labute approximate surface area is 112 Å². The van der Waals surface area contributed by atoms with E-state index < -0.39 is 23.0 Å². The molecule has 0 fully saturated rings. The van der Waals surface area contributed by atoms with Gasteiger partial charge >= 0.3 is 0 Å². The van der Waals surface area contributed by atoms with E-state index in [0.717, 1.165) is 16.6 Å². The van der Waals surface area contributed by atoms with E-state index in [1.54, 1.807) is 18.2 Å². The van der Waals surface area contributed by atoms with Gasteiger partial charge in [-0.15, -0.1) is 0 Å². The highest BCUT2D eigenvalue weighted by Crippen LogP contribution is 2.20. The molecule has 0 bridgehead atoms.